The van der Waals surface area contributed by atoms with E-state index in [-0.39, 0.29) is 11.6 Å². The predicted molar refractivity (Wildman–Crippen MR) is 66.4 cm³/mol. The molecule has 1 aliphatic rings. The van der Waals surface area contributed by atoms with Gasteiger partial charge in [0.25, 0.3) is 0 Å². The van der Waals surface area contributed by atoms with Gasteiger partial charge in [-0.2, -0.15) is 0 Å². The normalized spacial score (nSPS) is 18.4. The first-order chi connectivity index (χ1) is 9.20. The van der Waals surface area contributed by atoms with Gasteiger partial charge in [-0.05, 0) is 24.6 Å². The molecule has 0 radical (unpaired) electrons. The number of nitrogens with one attached hydrogen (secondary N) is 1. The van der Waals surface area contributed by atoms with Crippen LogP contribution in [0.3, 0.4) is 0 Å². The number of rotatable bonds is 2. The molecule has 100 valence electrons. The number of aromatic nitrogens is 3. The van der Waals surface area contributed by atoms with E-state index in [1.165, 1.54) is 0 Å². The van der Waals surface area contributed by atoms with Crippen LogP contribution in [0.2, 0.25) is 0 Å². The second-order valence-corrected chi connectivity index (χ2v) is 4.57. The van der Waals surface area contributed by atoms with Crippen molar-refractivity contribution in [2.45, 2.75) is 25.9 Å². The van der Waals surface area contributed by atoms with Crippen LogP contribution < -0.4 is 5.32 Å². The van der Waals surface area contributed by atoms with Gasteiger partial charge in [-0.3, -0.25) is 0 Å². The molecule has 0 aliphatic carbocycles. The molecule has 0 amide bonds. The largest absolute Gasteiger partial charge is 0.308 e. The van der Waals surface area contributed by atoms with E-state index in [0.29, 0.717) is 12.4 Å². The summed E-state index contributed by atoms with van der Waals surface area (Å²) >= 11 is 0. The Balaban J connectivity index is 2.12. The Kier molecular flexibility index (Phi) is 3.02. The Labute approximate surface area is 109 Å². The van der Waals surface area contributed by atoms with Crippen LogP contribution in [0.1, 0.15) is 25.2 Å². The number of fused-ring (bicyclic) bond motifs is 1. The Morgan fingerprint density at radius 2 is 2.21 bits per heavy atom. The second-order valence-electron chi connectivity index (χ2n) is 4.57. The van der Waals surface area contributed by atoms with E-state index >= 15 is 0 Å². The Morgan fingerprint density at radius 1 is 1.37 bits per heavy atom. The van der Waals surface area contributed by atoms with Gasteiger partial charge in [0.1, 0.15) is 11.6 Å². The van der Waals surface area contributed by atoms with Crippen LogP contribution in [0.4, 0.5) is 8.78 Å². The third-order valence-electron chi connectivity index (χ3n) is 3.39. The molecule has 0 saturated heterocycles. The molecule has 6 heteroatoms. The number of nitrogens with zero attached hydrogens (tertiary/aromatic N) is 3. The van der Waals surface area contributed by atoms with Gasteiger partial charge < -0.3 is 9.88 Å². The summed E-state index contributed by atoms with van der Waals surface area (Å²) < 4.78 is 29.0. The van der Waals surface area contributed by atoms with E-state index in [1.807, 2.05) is 11.5 Å². The minimum atomic E-state index is -0.483. The van der Waals surface area contributed by atoms with Crippen LogP contribution in [-0.4, -0.2) is 21.3 Å². The molecule has 4 nitrogen and oxygen atoms in total. The average molecular weight is 264 g/mol. The zero-order valence-electron chi connectivity index (χ0n) is 10.5. The number of benzene rings is 1. The van der Waals surface area contributed by atoms with Crippen LogP contribution in [0, 0.1) is 11.6 Å². The van der Waals surface area contributed by atoms with Gasteiger partial charge in [0, 0.05) is 13.1 Å². The number of hydrogen-bond acceptors (Lipinski definition) is 3. The fourth-order valence-electron chi connectivity index (χ4n) is 2.43. The Morgan fingerprint density at radius 3 is 3.00 bits per heavy atom. The smallest absolute Gasteiger partial charge is 0.167 e. The van der Waals surface area contributed by atoms with Crippen LogP contribution >= 0.6 is 0 Å². The fraction of sp³-hybridized carbons (Fsp3) is 0.385. The van der Waals surface area contributed by atoms with Crippen molar-refractivity contribution in [3.05, 3.63) is 35.7 Å². The molecule has 1 aromatic heterocycles. The van der Waals surface area contributed by atoms with Crippen LogP contribution in [-0.2, 0) is 6.54 Å². The standard InChI is InChI=1S/C13H14F2N4/c1-2-11-13-18-17-12(19(13)6-5-16-11)9-7-8(14)3-4-10(9)15/h3-4,7,11,16H,2,5-6H2,1H3. The molecule has 2 aromatic rings. The van der Waals surface area contributed by atoms with E-state index in [1.54, 1.807) is 0 Å². The second kappa shape index (κ2) is 4.70. The molecule has 1 unspecified atom stereocenters. The van der Waals surface area contributed by atoms with Gasteiger partial charge in [-0.1, -0.05) is 6.92 Å². The highest BCUT2D eigenvalue weighted by Crippen LogP contribution is 2.27. The lowest BCUT2D eigenvalue weighted by atomic mass is 10.1. The molecular formula is C13H14F2N4. The van der Waals surface area contributed by atoms with E-state index in [4.69, 9.17) is 0 Å². The summed E-state index contributed by atoms with van der Waals surface area (Å²) in [6, 6.07) is 3.50. The molecule has 0 saturated carbocycles. The number of hydrogen-bond donors (Lipinski definition) is 1. The quantitative estimate of drug-likeness (QED) is 0.905. The summed E-state index contributed by atoms with van der Waals surface area (Å²) in [6.45, 7) is 3.47. The SMILES string of the molecule is CCC1NCCn2c(-c3cc(F)ccc3F)nnc21. The molecule has 2 heterocycles. The minimum Gasteiger partial charge on any atom is -0.308 e. The molecule has 0 spiro atoms. The van der Waals surface area contributed by atoms with E-state index in [9.17, 15) is 8.78 Å². The van der Waals surface area contributed by atoms with Gasteiger partial charge in [0.05, 0.1) is 11.6 Å². The van der Waals surface area contributed by atoms with Crippen molar-refractivity contribution in [1.82, 2.24) is 20.1 Å². The molecule has 0 bridgehead atoms. The molecule has 0 fully saturated rings. The van der Waals surface area contributed by atoms with Crippen molar-refractivity contribution in [2.75, 3.05) is 6.54 Å². The lowest BCUT2D eigenvalue weighted by Gasteiger charge is -2.24. The van der Waals surface area contributed by atoms with Crippen LogP contribution in [0.15, 0.2) is 18.2 Å². The molecule has 3 rings (SSSR count). The maximum atomic E-state index is 13.8. The molecule has 1 aromatic carbocycles. The van der Waals surface area contributed by atoms with E-state index in [0.717, 1.165) is 37.0 Å². The predicted octanol–water partition coefficient (Wildman–Crippen LogP) is 2.28. The lowest BCUT2D eigenvalue weighted by Crippen LogP contribution is -2.33. The third kappa shape index (κ3) is 2.02. The first-order valence-electron chi connectivity index (χ1n) is 6.32. The summed E-state index contributed by atoms with van der Waals surface area (Å²) in [7, 11) is 0. The zero-order chi connectivity index (χ0) is 13.4. The van der Waals surface area contributed by atoms with E-state index in [2.05, 4.69) is 15.5 Å². The highest BCUT2D eigenvalue weighted by molar-refractivity contribution is 5.56. The summed E-state index contributed by atoms with van der Waals surface area (Å²) in [5.41, 5.74) is 0.163. The minimum absolute atomic E-state index is 0.117. The molecule has 1 N–H and O–H groups in total. The summed E-state index contributed by atoms with van der Waals surface area (Å²) in [5, 5.41) is 11.5. The summed E-state index contributed by atoms with van der Waals surface area (Å²) in [6.07, 6.45) is 0.879. The van der Waals surface area contributed by atoms with Gasteiger partial charge in [-0.15, -0.1) is 10.2 Å². The summed E-state index contributed by atoms with van der Waals surface area (Å²) in [4.78, 5) is 0. The average Bonchev–Trinajstić information content (AvgIpc) is 2.85. The van der Waals surface area contributed by atoms with Gasteiger partial charge in [0.2, 0.25) is 0 Å². The van der Waals surface area contributed by atoms with Crippen molar-refractivity contribution in [1.29, 1.82) is 0 Å². The van der Waals surface area contributed by atoms with Crippen molar-refractivity contribution < 1.29 is 8.78 Å². The Bertz CT molecular complexity index is 609. The third-order valence-corrected chi connectivity index (χ3v) is 3.39. The zero-order valence-corrected chi connectivity index (χ0v) is 10.5. The topological polar surface area (TPSA) is 42.7 Å². The maximum Gasteiger partial charge on any atom is 0.167 e. The highest BCUT2D eigenvalue weighted by Gasteiger charge is 2.25. The monoisotopic (exact) mass is 264 g/mol. The van der Waals surface area contributed by atoms with Gasteiger partial charge in [-0.25, -0.2) is 8.78 Å². The number of halogens is 2. The first-order valence-corrected chi connectivity index (χ1v) is 6.32. The molecule has 1 aliphatic heterocycles. The Hall–Kier alpha value is -1.82. The van der Waals surface area contributed by atoms with Gasteiger partial charge >= 0.3 is 0 Å². The molecular weight excluding hydrogens is 250 g/mol. The lowest BCUT2D eigenvalue weighted by molar-refractivity contribution is 0.407. The maximum absolute atomic E-state index is 13.8. The van der Waals surface area contributed by atoms with Crippen LogP contribution in [0.25, 0.3) is 11.4 Å². The summed E-state index contributed by atoms with van der Waals surface area (Å²) in [5.74, 6) is 0.220. The van der Waals surface area contributed by atoms with E-state index < -0.39 is 11.6 Å². The first kappa shape index (κ1) is 12.2. The van der Waals surface area contributed by atoms with Crippen molar-refractivity contribution in [2.24, 2.45) is 0 Å². The van der Waals surface area contributed by atoms with Gasteiger partial charge in [0.15, 0.2) is 11.6 Å². The van der Waals surface area contributed by atoms with Crippen molar-refractivity contribution >= 4 is 0 Å². The fourth-order valence-corrected chi connectivity index (χ4v) is 2.43. The highest BCUT2D eigenvalue weighted by atomic mass is 19.1. The molecule has 1 atom stereocenters. The van der Waals surface area contributed by atoms with Crippen molar-refractivity contribution in [3.63, 3.8) is 0 Å². The van der Waals surface area contributed by atoms with Crippen LogP contribution in [0.5, 0.6) is 0 Å². The molecule has 19 heavy (non-hydrogen) atoms. The van der Waals surface area contributed by atoms with Crippen molar-refractivity contribution in [3.8, 4) is 11.4 Å².